The van der Waals surface area contributed by atoms with Crippen LogP contribution in [-0.2, 0) is 15.5 Å². The van der Waals surface area contributed by atoms with E-state index in [0.717, 1.165) is 11.8 Å². The van der Waals surface area contributed by atoms with Gasteiger partial charge in [0.25, 0.3) is 0 Å². The molecule has 2 aromatic heterocycles. The maximum absolute atomic E-state index is 14.7. The fourth-order valence-corrected chi connectivity index (χ4v) is 4.40. The highest BCUT2D eigenvalue weighted by atomic mass is 31.2. The largest absolute Gasteiger partial charge is 0.493 e. The number of benzene rings is 1. The minimum atomic E-state index is -4.71. The van der Waals surface area contributed by atoms with Crippen molar-refractivity contribution in [3.8, 4) is 17.2 Å². The summed E-state index contributed by atoms with van der Waals surface area (Å²) < 4.78 is 47.3. The Balaban J connectivity index is 1.59. The number of hydrogen-bond acceptors (Lipinski definition) is 10. The SMILES string of the molecule is COc1cc(Nc2ncc(F)c(Cc3ccc4c(n3)N(COP(=O)(O)O)CC(C)(C)O4)n2)cc(C)c1OC. The summed E-state index contributed by atoms with van der Waals surface area (Å²) in [6, 6.07) is 6.90. The highest BCUT2D eigenvalue weighted by Crippen LogP contribution is 2.40. The van der Waals surface area contributed by atoms with E-state index in [0.29, 0.717) is 34.4 Å². The Kier molecular flexibility index (Phi) is 7.75. The number of ether oxygens (including phenoxy) is 3. The van der Waals surface area contributed by atoms with E-state index in [1.54, 1.807) is 30.2 Å². The van der Waals surface area contributed by atoms with Gasteiger partial charge in [-0.3, -0.25) is 4.52 Å². The first-order chi connectivity index (χ1) is 17.9. The molecule has 1 aliphatic rings. The van der Waals surface area contributed by atoms with Gasteiger partial charge in [0.05, 0.1) is 32.7 Å². The van der Waals surface area contributed by atoms with Gasteiger partial charge in [0.2, 0.25) is 5.95 Å². The number of phosphoric ester groups is 1. The molecule has 14 heteroatoms. The number of hydrogen-bond donors (Lipinski definition) is 3. The molecule has 0 atom stereocenters. The average Bonchev–Trinajstić information content (AvgIpc) is 2.83. The number of nitrogens with zero attached hydrogens (tertiary/aromatic N) is 4. The van der Waals surface area contributed by atoms with Crippen molar-refractivity contribution in [2.75, 3.05) is 37.7 Å². The second-order valence-electron chi connectivity index (χ2n) is 9.25. The highest BCUT2D eigenvalue weighted by molar-refractivity contribution is 7.46. The van der Waals surface area contributed by atoms with Gasteiger partial charge in [-0.05, 0) is 44.5 Å². The lowest BCUT2D eigenvalue weighted by Gasteiger charge is -2.39. The lowest BCUT2D eigenvalue weighted by atomic mass is 10.1. The number of anilines is 3. The number of phosphoric acid groups is 1. The summed E-state index contributed by atoms with van der Waals surface area (Å²) in [6.07, 6.45) is 1.10. The van der Waals surface area contributed by atoms with Crippen LogP contribution in [0.1, 0.15) is 30.8 Å². The summed E-state index contributed by atoms with van der Waals surface area (Å²) in [5, 5.41) is 3.06. The standard InChI is InChI=1S/C24H29FN5O7P/c1-14-8-16(10-20(34-4)21(14)35-5)28-23-26-11-17(25)18(29-23)9-15-6-7-19-22(27-15)30(12-24(2,3)37-19)13-36-38(31,32)33/h6-8,10-11H,9,12-13H2,1-5H3,(H,26,28,29)(H2,31,32,33). The minimum absolute atomic E-state index is 0.0257. The lowest BCUT2D eigenvalue weighted by molar-refractivity contribution is 0.0921. The molecule has 0 saturated carbocycles. The molecule has 0 unspecified atom stereocenters. The number of nitrogens with one attached hydrogen (secondary N) is 1. The summed E-state index contributed by atoms with van der Waals surface area (Å²) in [5.41, 5.74) is 1.36. The maximum Gasteiger partial charge on any atom is 0.471 e. The first-order valence-electron chi connectivity index (χ1n) is 11.5. The summed E-state index contributed by atoms with van der Waals surface area (Å²) in [4.78, 5) is 32.8. The second-order valence-corrected chi connectivity index (χ2v) is 10.5. The molecule has 1 aliphatic heterocycles. The van der Waals surface area contributed by atoms with Crippen LogP contribution in [0.2, 0.25) is 0 Å². The molecule has 0 aliphatic carbocycles. The molecular formula is C24H29FN5O7P. The van der Waals surface area contributed by atoms with Gasteiger partial charge in [-0.15, -0.1) is 0 Å². The number of pyridine rings is 1. The van der Waals surface area contributed by atoms with Crippen LogP contribution in [-0.4, -0.2) is 57.8 Å². The number of methoxy groups -OCH3 is 2. The van der Waals surface area contributed by atoms with Gasteiger partial charge >= 0.3 is 7.82 Å². The highest BCUT2D eigenvalue weighted by Gasteiger charge is 2.34. The first kappa shape index (κ1) is 27.5. The van der Waals surface area contributed by atoms with Gasteiger partial charge in [-0.2, -0.15) is 0 Å². The minimum Gasteiger partial charge on any atom is -0.493 e. The number of aromatic nitrogens is 3. The second kappa shape index (κ2) is 10.7. The Hall–Kier alpha value is -3.51. The molecule has 3 aromatic rings. The number of fused-ring (bicyclic) bond motifs is 1. The number of rotatable bonds is 9. The number of halogens is 1. The third kappa shape index (κ3) is 6.48. The molecule has 3 heterocycles. The monoisotopic (exact) mass is 549 g/mol. The molecule has 38 heavy (non-hydrogen) atoms. The van der Waals surface area contributed by atoms with Crippen LogP contribution >= 0.6 is 7.82 Å². The lowest BCUT2D eigenvalue weighted by Crippen LogP contribution is -2.48. The summed E-state index contributed by atoms with van der Waals surface area (Å²) >= 11 is 0. The molecule has 0 spiro atoms. The van der Waals surface area contributed by atoms with E-state index in [2.05, 4.69) is 20.3 Å². The molecule has 12 nitrogen and oxygen atoms in total. The van der Waals surface area contributed by atoms with Crippen molar-refractivity contribution in [1.29, 1.82) is 0 Å². The zero-order chi connectivity index (χ0) is 27.7. The zero-order valence-corrected chi connectivity index (χ0v) is 22.5. The Morgan fingerprint density at radius 1 is 1.21 bits per heavy atom. The molecule has 4 rings (SSSR count). The van der Waals surface area contributed by atoms with Crippen LogP contribution < -0.4 is 24.4 Å². The van der Waals surface area contributed by atoms with Gasteiger partial charge < -0.3 is 34.2 Å². The van der Waals surface area contributed by atoms with Crippen LogP contribution in [0.25, 0.3) is 0 Å². The van der Waals surface area contributed by atoms with E-state index in [1.807, 2.05) is 26.8 Å². The Labute approximate surface area is 219 Å². The number of aryl methyl sites for hydroxylation is 1. The predicted octanol–water partition coefficient (Wildman–Crippen LogP) is 3.71. The van der Waals surface area contributed by atoms with E-state index in [9.17, 15) is 8.96 Å². The van der Waals surface area contributed by atoms with Crippen molar-refractivity contribution >= 4 is 25.3 Å². The Bertz CT molecular complexity index is 1380. The van der Waals surface area contributed by atoms with Crippen LogP contribution in [0.15, 0.2) is 30.5 Å². The van der Waals surface area contributed by atoms with E-state index in [-0.39, 0.29) is 24.6 Å². The third-order valence-electron chi connectivity index (χ3n) is 5.62. The van der Waals surface area contributed by atoms with Gasteiger partial charge in [0.15, 0.2) is 28.9 Å². The van der Waals surface area contributed by atoms with Crippen molar-refractivity contribution < 1.29 is 37.5 Å². The molecule has 0 fully saturated rings. The zero-order valence-electron chi connectivity index (χ0n) is 21.6. The van der Waals surface area contributed by atoms with Gasteiger partial charge in [0.1, 0.15) is 12.3 Å². The van der Waals surface area contributed by atoms with Crippen LogP contribution in [0.5, 0.6) is 17.2 Å². The third-order valence-corrected chi connectivity index (χ3v) is 6.07. The smallest absolute Gasteiger partial charge is 0.471 e. The molecule has 0 saturated heterocycles. The van der Waals surface area contributed by atoms with Crippen LogP contribution in [0, 0.1) is 12.7 Å². The predicted molar refractivity (Wildman–Crippen MR) is 137 cm³/mol. The van der Waals surface area contributed by atoms with E-state index in [4.69, 9.17) is 28.5 Å². The summed E-state index contributed by atoms with van der Waals surface area (Å²) in [5.74, 6) is 1.42. The van der Waals surface area contributed by atoms with Gasteiger partial charge in [-0.25, -0.2) is 23.9 Å². The van der Waals surface area contributed by atoms with Gasteiger partial charge in [-0.1, -0.05) is 0 Å². The maximum atomic E-state index is 14.7. The normalized spacial score (nSPS) is 14.5. The van der Waals surface area contributed by atoms with Crippen molar-refractivity contribution in [3.05, 3.63) is 53.2 Å². The molecule has 204 valence electrons. The van der Waals surface area contributed by atoms with E-state index in [1.165, 1.54) is 7.11 Å². The van der Waals surface area contributed by atoms with Crippen LogP contribution in [0.3, 0.4) is 0 Å². The fraction of sp³-hybridized carbons (Fsp3) is 0.375. The topological polar surface area (TPSA) is 148 Å². The van der Waals surface area contributed by atoms with Crippen molar-refractivity contribution in [1.82, 2.24) is 15.0 Å². The molecule has 0 amide bonds. The van der Waals surface area contributed by atoms with Crippen LogP contribution in [0.4, 0.5) is 21.8 Å². The van der Waals surface area contributed by atoms with Crippen molar-refractivity contribution in [2.24, 2.45) is 0 Å². The molecule has 0 bridgehead atoms. The van der Waals surface area contributed by atoms with Crippen molar-refractivity contribution in [2.45, 2.75) is 32.8 Å². The average molecular weight is 549 g/mol. The van der Waals surface area contributed by atoms with Gasteiger partial charge in [0, 0.05) is 23.9 Å². The summed E-state index contributed by atoms with van der Waals surface area (Å²) in [6.45, 7) is 5.39. The fourth-order valence-electron chi connectivity index (χ4n) is 4.11. The first-order valence-corrected chi connectivity index (χ1v) is 13.1. The molecule has 1 aromatic carbocycles. The summed E-state index contributed by atoms with van der Waals surface area (Å²) in [7, 11) is -1.62. The molecule has 3 N–H and O–H groups in total. The van der Waals surface area contributed by atoms with E-state index < -0.39 is 26.0 Å². The molecule has 0 radical (unpaired) electrons. The molecular weight excluding hydrogens is 520 g/mol. The van der Waals surface area contributed by atoms with E-state index >= 15 is 0 Å². The Morgan fingerprint density at radius 3 is 2.66 bits per heavy atom. The Morgan fingerprint density at radius 2 is 1.97 bits per heavy atom. The quantitative estimate of drug-likeness (QED) is 0.334. The van der Waals surface area contributed by atoms with Crippen molar-refractivity contribution in [3.63, 3.8) is 0 Å².